The van der Waals surface area contributed by atoms with Gasteiger partial charge >= 0.3 is 0 Å². The van der Waals surface area contributed by atoms with Gasteiger partial charge in [-0.05, 0) is 35.1 Å². The van der Waals surface area contributed by atoms with Gasteiger partial charge in [0, 0.05) is 38.4 Å². The number of piperazine rings is 1. The molecule has 5 heteroatoms. The molecule has 0 aromatic heterocycles. The van der Waals surface area contributed by atoms with E-state index in [0.29, 0.717) is 5.92 Å². The van der Waals surface area contributed by atoms with Crippen LogP contribution in [0.1, 0.15) is 36.5 Å². The summed E-state index contributed by atoms with van der Waals surface area (Å²) in [6, 6.07) is 17.1. The van der Waals surface area contributed by atoms with Gasteiger partial charge in [-0.3, -0.25) is 14.6 Å². The summed E-state index contributed by atoms with van der Waals surface area (Å²) in [5, 5.41) is 9.93. The van der Waals surface area contributed by atoms with Gasteiger partial charge in [0.15, 0.2) is 6.29 Å². The van der Waals surface area contributed by atoms with Crippen LogP contribution in [0, 0.1) is 0 Å². The normalized spacial score (nSPS) is 21.1. The zero-order chi connectivity index (χ0) is 21.1. The highest BCUT2D eigenvalue weighted by Gasteiger charge is 2.37. The molecule has 5 nitrogen and oxygen atoms in total. The minimum Gasteiger partial charge on any atom is -0.394 e. The fourth-order valence-corrected chi connectivity index (χ4v) is 4.77. The van der Waals surface area contributed by atoms with E-state index in [1.165, 1.54) is 16.7 Å². The molecular formula is C25H33N3O2. The molecule has 2 heterocycles. The zero-order valence-electron chi connectivity index (χ0n) is 18.1. The molecular weight excluding hydrogens is 374 g/mol. The van der Waals surface area contributed by atoms with E-state index in [4.69, 9.17) is 0 Å². The van der Waals surface area contributed by atoms with Crippen LogP contribution in [0.15, 0.2) is 48.5 Å². The molecule has 0 saturated carbocycles. The van der Waals surface area contributed by atoms with Crippen LogP contribution in [-0.4, -0.2) is 66.2 Å². The number of hydrogen-bond acceptors (Lipinski definition) is 5. The quantitative estimate of drug-likeness (QED) is 0.715. The molecule has 0 spiro atoms. The Kier molecular flexibility index (Phi) is 6.52. The van der Waals surface area contributed by atoms with E-state index < -0.39 is 0 Å². The predicted molar refractivity (Wildman–Crippen MR) is 121 cm³/mol. The third-order valence-corrected chi connectivity index (χ3v) is 6.57. The van der Waals surface area contributed by atoms with Gasteiger partial charge in [0.2, 0.25) is 0 Å². The maximum atomic E-state index is 12.1. The zero-order valence-corrected chi connectivity index (χ0v) is 18.1. The monoisotopic (exact) mass is 407 g/mol. The number of aliphatic hydroxyl groups is 1. The molecule has 0 aliphatic carbocycles. The Morgan fingerprint density at radius 2 is 1.73 bits per heavy atom. The summed E-state index contributed by atoms with van der Waals surface area (Å²) >= 11 is 0. The van der Waals surface area contributed by atoms with Crippen molar-refractivity contribution in [2.45, 2.75) is 44.9 Å². The predicted octanol–water partition coefficient (Wildman–Crippen LogP) is 2.88. The lowest BCUT2D eigenvalue weighted by atomic mass is 10.0. The number of benzene rings is 2. The molecule has 2 aliphatic rings. The Morgan fingerprint density at radius 1 is 1.03 bits per heavy atom. The van der Waals surface area contributed by atoms with Gasteiger partial charge in [-0.25, -0.2) is 0 Å². The Labute approximate surface area is 179 Å². The number of carbonyl (C=O) groups excluding carboxylic acids is 1. The number of hydrogen-bond donors (Lipinski definition) is 1. The Bertz CT molecular complexity index is 844. The smallest absolute Gasteiger partial charge is 0.157 e. The minimum atomic E-state index is -0.321. The standard InChI is InChI=1S/C25H33N3O2/c1-19(2)21-9-7-20(8-10-21)16-26-11-13-27(14-12-26)25(18-30)28-23(17-29)15-22-5-3-4-6-24(22)28/h3-10,18-19,23,25,29H,11-17H2,1-2H3/t23-,25?/m0/s1. The Hall–Kier alpha value is -2.21. The first-order valence-corrected chi connectivity index (χ1v) is 11.1. The van der Waals surface area contributed by atoms with Crippen molar-refractivity contribution in [3.05, 3.63) is 65.2 Å². The third kappa shape index (κ3) is 4.29. The average Bonchev–Trinajstić information content (AvgIpc) is 3.14. The van der Waals surface area contributed by atoms with Gasteiger partial charge in [-0.2, -0.15) is 0 Å². The van der Waals surface area contributed by atoms with Crippen molar-refractivity contribution in [3.8, 4) is 0 Å². The first-order valence-electron chi connectivity index (χ1n) is 11.1. The molecule has 0 radical (unpaired) electrons. The van der Waals surface area contributed by atoms with Crippen LogP contribution in [0.2, 0.25) is 0 Å². The molecule has 2 aromatic rings. The summed E-state index contributed by atoms with van der Waals surface area (Å²) in [6.45, 7) is 9.03. The largest absolute Gasteiger partial charge is 0.394 e. The van der Waals surface area contributed by atoms with Gasteiger partial charge in [0.1, 0.15) is 6.17 Å². The summed E-state index contributed by atoms with van der Waals surface area (Å²) in [6.07, 6.45) is 1.52. The minimum absolute atomic E-state index is 0.0323. The van der Waals surface area contributed by atoms with Crippen LogP contribution in [0.3, 0.4) is 0 Å². The number of aldehydes is 1. The third-order valence-electron chi connectivity index (χ3n) is 6.57. The summed E-state index contributed by atoms with van der Waals surface area (Å²) in [7, 11) is 0. The molecule has 2 atom stereocenters. The lowest BCUT2D eigenvalue weighted by Crippen LogP contribution is -2.58. The molecule has 1 saturated heterocycles. The number of para-hydroxylation sites is 1. The Morgan fingerprint density at radius 3 is 2.37 bits per heavy atom. The first kappa shape index (κ1) is 21.0. The molecule has 2 aromatic carbocycles. The van der Waals surface area contributed by atoms with Crippen molar-refractivity contribution in [1.29, 1.82) is 0 Å². The number of anilines is 1. The fourth-order valence-electron chi connectivity index (χ4n) is 4.77. The SMILES string of the molecule is CC(C)c1ccc(CN2CCN(C(C=O)N3c4ccccc4C[C@H]3CO)CC2)cc1. The van der Waals surface area contributed by atoms with Crippen molar-refractivity contribution in [2.75, 3.05) is 37.7 Å². The molecule has 1 fully saturated rings. The van der Waals surface area contributed by atoms with Crippen LogP contribution in [0.5, 0.6) is 0 Å². The van der Waals surface area contributed by atoms with E-state index in [2.05, 4.69) is 64.9 Å². The molecule has 1 unspecified atom stereocenters. The highest BCUT2D eigenvalue weighted by atomic mass is 16.3. The van der Waals surface area contributed by atoms with E-state index in [0.717, 1.165) is 51.1 Å². The molecule has 160 valence electrons. The summed E-state index contributed by atoms with van der Waals surface area (Å²) < 4.78 is 0. The van der Waals surface area contributed by atoms with Crippen molar-refractivity contribution in [2.24, 2.45) is 0 Å². The first-order chi connectivity index (χ1) is 14.6. The van der Waals surface area contributed by atoms with Crippen LogP contribution in [-0.2, 0) is 17.8 Å². The number of fused-ring (bicyclic) bond motifs is 1. The van der Waals surface area contributed by atoms with Crippen molar-refractivity contribution >= 4 is 12.0 Å². The highest BCUT2D eigenvalue weighted by Crippen LogP contribution is 2.34. The summed E-state index contributed by atoms with van der Waals surface area (Å²) in [5.41, 5.74) is 5.02. The van der Waals surface area contributed by atoms with Gasteiger partial charge in [-0.15, -0.1) is 0 Å². The second-order valence-corrected chi connectivity index (χ2v) is 8.83. The van der Waals surface area contributed by atoms with E-state index in [-0.39, 0.29) is 18.8 Å². The van der Waals surface area contributed by atoms with Crippen LogP contribution in [0.25, 0.3) is 0 Å². The maximum absolute atomic E-state index is 12.1. The van der Waals surface area contributed by atoms with E-state index in [1.54, 1.807) is 0 Å². The van der Waals surface area contributed by atoms with Gasteiger partial charge in [-0.1, -0.05) is 56.3 Å². The number of aliphatic hydroxyl groups excluding tert-OH is 1. The second-order valence-electron chi connectivity index (χ2n) is 8.83. The van der Waals surface area contributed by atoms with Crippen molar-refractivity contribution < 1.29 is 9.90 Å². The second kappa shape index (κ2) is 9.29. The van der Waals surface area contributed by atoms with Crippen LogP contribution in [0.4, 0.5) is 5.69 Å². The van der Waals surface area contributed by atoms with Crippen molar-refractivity contribution in [3.63, 3.8) is 0 Å². The van der Waals surface area contributed by atoms with Gasteiger partial charge in [0.25, 0.3) is 0 Å². The lowest BCUT2D eigenvalue weighted by Gasteiger charge is -2.43. The molecule has 0 amide bonds. The highest BCUT2D eigenvalue weighted by molar-refractivity contribution is 5.70. The molecule has 0 bridgehead atoms. The van der Waals surface area contributed by atoms with E-state index >= 15 is 0 Å². The topological polar surface area (TPSA) is 47.0 Å². The summed E-state index contributed by atoms with van der Waals surface area (Å²) in [5.74, 6) is 0.557. The molecule has 1 N–H and O–H groups in total. The molecule has 30 heavy (non-hydrogen) atoms. The van der Waals surface area contributed by atoms with Crippen molar-refractivity contribution in [1.82, 2.24) is 9.80 Å². The van der Waals surface area contributed by atoms with E-state index in [1.807, 2.05) is 12.1 Å². The fraction of sp³-hybridized carbons (Fsp3) is 0.480. The maximum Gasteiger partial charge on any atom is 0.157 e. The average molecular weight is 408 g/mol. The lowest BCUT2D eigenvalue weighted by molar-refractivity contribution is -0.113. The number of carbonyl (C=O) groups is 1. The Balaban J connectivity index is 1.39. The van der Waals surface area contributed by atoms with Gasteiger partial charge in [0.05, 0.1) is 12.6 Å². The van der Waals surface area contributed by atoms with Crippen LogP contribution < -0.4 is 4.90 Å². The summed E-state index contributed by atoms with van der Waals surface area (Å²) in [4.78, 5) is 19.0. The van der Waals surface area contributed by atoms with Crippen LogP contribution >= 0.6 is 0 Å². The number of rotatable bonds is 7. The number of nitrogens with zero attached hydrogens (tertiary/aromatic N) is 3. The van der Waals surface area contributed by atoms with E-state index in [9.17, 15) is 9.90 Å². The molecule has 4 rings (SSSR count). The van der Waals surface area contributed by atoms with Gasteiger partial charge < -0.3 is 10.0 Å². The molecule has 2 aliphatic heterocycles.